The van der Waals surface area contributed by atoms with E-state index in [-0.39, 0.29) is 0 Å². The van der Waals surface area contributed by atoms with Crippen LogP contribution in [0.2, 0.25) is 0 Å². The number of nitrogens with one attached hydrogen (secondary N) is 1. The lowest BCUT2D eigenvalue weighted by molar-refractivity contribution is 0.256. The van der Waals surface area contributed by atoms with Gasteiger partial charge in [0, 0.05) is 0 Å². The molecule has 0 aliphatic heterocycles. The third kappa shape index (κ3) is 6.94. The molecule has 0 heterocycles. The van der Waals surface area contributed by atoms with Gasteiger partial charge in [0.2, 0.25) is 0 Å². The second kappa shape index (κ2) is 10.5. The smallest absolute Gasteiger partial charge is 0.00492 e. The summed E-state index contributed by atoms with van der Waals surface area (Å²) in [5.41, 5.74) is 0. The molecule has 0 fully saturated rings. The summed E-state index contributed by atoms with van der Waals surface area (Å²) in [5.74, 6) is 1.94. The first-order valence-electron chi connectivity index (χ1n) is 6.94. The number of hydrogen-bond donors (Lipinski definition) is 1. The van der Waals surface area contributed by atoms with Crippen LogP contribution >= 0.6 is 0 Å². The predicted molar refractivity (Wildman–Crippen MR) is 70.2 cm³/mol. The third-order valence-electron chi connectivity index (χ3n) is 3.41. The second-order valence-corrected chi connectivity index (χ2v) is 4.78. The molecule has 1 atom stereocenters. The van der Waals surface area contributed by atoms with Crippen LogP contribution in [-0.2, 0) is 0 Å². The highest BCUT2D eigenvalue weighted by Gasteiger charge is 2.18. The monoisotopic (exact) mass is 213 g/mol. The molecule has 92 valence electrons. The van der Waals surface area contributed by atoms with E-state index in [1.807, 2.05) is 0 Å². The van der Waals surface area contributed by atoms with Gasteiger partial charge in [-0.25, -0.2) is 0 Å². The van der Waals surface area contributed by atoms with Crippen molar-refractivity contribution in [2.45, 2.75) is 65.7 Å². The zero-order chi connectivity index (χ0) is 11.5. The molecule has 0 spiro atoms. The fourth-order valence-electron chi connectivity index (χ4n) is 2.67. The van der Waals surface area contributed by atoms with Gasteiger partial charge < -0.3 is 5.32 Å². The Bertz CT molecular complexity index is 117. The molecule has 1 unspecified atom stereocenters. The average molecular weight is 213 g/mol. The highest BCUT2D eigenvalue weighted by molar-refractivity contribution is 4.70. The normalized spacial score (nSPS) is 13.4. The summed E-state index contributed by atoms with van der Waals surface area (Å²) in [6.45, 7) is 8.16. The van der Waals surface area contributed by atoms with E-state index in [4.69, 9.17) is 0 Å². The maximum Gasteiger partial charge on any atom is -0.00492 e. The highest BCUT2D eigenvalue weighted by atomic mass is 14.8. The van der Waals surface area contributed by atoms with E-state index in [0.717, 1.165) is 11.8 Å². The largest absolute Gasteiger partial charge is 0.320 e. The molecule has 1 nitrogen and oxygen atoms in total. The number of hydrogen-bond acceptors (Lipinski definition) is 1. The maximum absolute atomic E-state index is 3.30. The van der Waals surface area contributed by atoms with E-state index >= 15 is 0 Å². The van der Waals surface area contributed by atoms with Crippen molar-refractivity contribution in [3.63, 3.8) is 0 Å². The van der Waals surface area contributed by atoms with Gasteiger partial charge in [-0.15, -0.1) is 0 Å². The molecule has 0 radical (unpaired) electrons. The molecule has 0 bridgehead atoms. The van der Waals surface area contributed by atoms with Crippen LogP contribution in [0.3, 0.4) is 0 Å². The Kier molecular flexibility index (Phi) is 10.4. The minimum Gasteiger partial charge on any atom is -0.320 e. The Morgan fingerprint density at radius 1 is 0.733 bits per heavy atom. The fourth-order valence-corrected chi connectivity index (χ4v) is 2.67. The van der Waals surface area contributed by atoms with Crippen LogP contribution in [0, 0.1) is 11.8 Å². The van der Waals surface area contributed by atoms with Crippen LogP contribution in [-0.4, -0.2) is 13.6 Å². The Morgan fingerprint density at radius 2 is 1.13 bits per heavy atom. The lowest BCUT2D eigenvalue weighted by Crippen LogP contribution is -2.20. The molecule has 0 aliphatic carbocycles. The first-order valence-corrected chi connectivity index (χ1v) is 6.94. The summed E-state index contributed by atoms with van der Waals surface area (Å²) in [6, 6.07) is 0. The second-order valence-electron chi connectivity index (χ2n) is 4.78. The van der Waals surface area contributed by atoms with Crippen molar-refractivity contribution in [3.8, 4) is 0 Å². The summed E-state index contributed by atoms with van der Waals surface area (Å²) >= 11 is 0. The van der Waals surface area contributed by atoms with E-state index in [1.165, 1.54) is 51.5 Å². The van der Waals surface area contributed by atoms with Crippen molar-refractivity contribution in [1.82, 2.24) is 5.32 Å². The molecule has 0 saturated heterocycles. The molecule has 0 aromatic heterocycles. The van der Waals surface area contributed by atoms with Crippen molar-refractivity contribution in [2.24, 2.45) is 11.8 Å². The predicted octanol–water partition coefficient (Wildman–Crippen LogP) is 4.23. The Labute approximate surface area is 97.0 Å². The zero-order valence-electron chi connectivity index (χ0n) is 11.3. The summed E-state index contributed by atoms with van der Waals surface area (Å²) in [7, 11) is 2.07. The van der Waals surface area contributed by atoms with Gasteiger partial charge in [0.05, 0.1) is 0 Å². The van der Waals surface area contributed by atoms with Crippen molar-refractivity contribution >= 4 is 0 Å². The number of rotatable bonds is 10. The van der Waals surface area contributed by atoms with Crippen LogP contribution < -0.4 is 5.32 Å². The van der Waals surface area contributed by atoms with E-state index < -0.39 is 0 Å². The Morgan fingerprint density at radius 3 is 1.47 bits per heavy atom. The summed E-state index contributed by atoms with van der Waals surface area (Å²) < 4.78 is 0. The maximum atomic E-state index is 3.30. The highest BCUT2D eigenvalue weighted by Crippen LogP contribution is 2.29. The van der Waals surface area contributed by atoms with Gasteiger partial charge in [0.25, 0.3) is 0 Å². The van der Waals surface area contributed by atoms with Gasteiger partial charge in [-0.2, -0.15) is 0 Å². The zero-order valence-corrected chi connectivity index (χ0v) is 11.3. The van der Waals surface area contributed by atoms with Crippen molar-refractivity contribution in [3.05, 3.63) is 0 Å². The van der Waals surface area contributed by atoms with Crippen LogP contribution in [0.5, 0.6) is 0 Å². The molecule has 0 aromatic rings. The molecule has 1 N–H and O–H groups in total. The van der Waals surface area contributed by atoms with Gasteiger partial charge in [0.15, 0.2) is 0 Å². The molecular weight excluding hydrogens is 182 g/mol. The third-order valence-corrected chi connectivity index (χ3v) is 3.41. The van der Waals surface area contributed by atoms with Crippen molar-refractivity contribution < 1.29 is 0 Å². The fraction of sp³-hybridized carbons (Fsp3) is 1.00. The van der Waals surface area contributed by atoms with E-state index in [0.29, 0.717) is 0 Å². The molecule has 0 aliphatic rings. The minimum atomic E-state index is 0.961. The van der Waals surface area contributed by atoms with Gasteiger partial charge >= 0.3 is 0 Å². The average Bonchev–Trinajstić information content (AvgIpc) is 2.24. The van der Waals surface area contributed by atoms with Crippen molar-refractivity contribution in [2.75, 3.05) is 13.6 Å². The van der Waals surface area contributed by atoms with Crippen LogP contribution in [0.1, 0.15) is 65.7 Å². The van der Waals surface area contributed by atoms with Crippen LogP contribution in [0.15, 0.2) is 0 Å². The molecule has 0 rings (SSSR count). The SMILES string of the molecule is CCCC(CCC)C(CCC)CCNC. The van der Waals surface area contributed by atoms with E-state index in [1.54, 1.807) is 0 Å². The Balaban J connectivity index is 4.09. The molecule has 0 amide bonds. The molecule has 0 saturated carbocycles. The molecule has 0 aromatic carbocycles. The lowest BCUT2D eigenvalue weighted by atomic mass is 9.80. The standard InChI is InChI=1S/C14H31N/c1-5-8-13(9-6-2)14(10-7-3)11-12-15-4/h13-15H,5-12H2,1-4H3. The van der Waals surface area contributed by atoms with E-state index in [2.05, 4.69) is 33.1 Å². The summed E-state index contributed by atoms with van der Waals surface area (Å²) in [6.07, 6.45) is 9.71. The topological polar surface area (TPSA) is 12.0 Å². The first-order chi connectivity index (χ1) is 7.29. The lowest BCUT2D eigenvalue weighted by Gasteiger charge is -2.26. The summed E-state index contributed by atoms with van der Waals surface area (Å²) in [5, 5.41) is 3.30. The van der Waals surface area contributed by atoms with Gasteiger partial charge in [0.1, 0.15) is 0 Å². The molecule has 1 heteroatoms. The van der Waals surface area contributed by atoms with Gasteiger partial charge in [-0.3, -0.25) is 0 Å². The Hall–Kier alpha value is -0.0400. The van der Waals surface area contributed by atoms with Crippen LogP contribution in [0.4, 0.5) is 0 Å². The van der Waals surface area contributed by atoms with Gasteiger partial charge in [-0.05, 0) is 31.8 Å². The first kappa shape index (κ1) is 15.0. The molecular formula is C14H31N. The summed E-state index contributed by atoms with van der Waals surface area (Å²) in [4.78, 5) is 0. The minimum absolute atomic E-state index is 0.961. The molecule has 15 heavy (non-hydrogen) atoms. The van der Waals surface area contributed by atoms with Crippen LogP contribution in [0.25, 0.3) is 0 Å². The van der Waals surface area contributed by atoms with E-state index in [9.17, 15) is 0 Å². The quantitative estimate of drug-likeness (QED) is 0.572. The van der Waals surface area contributed by atoms with Gasteiger partial charge in [-0.1, -0.05) is 59.3 Å². The van der Waals surface area contributed by atoms with Crippen molar-refractivity contribution in [1.29, 1.82) is 0 Å².